The molecule has 1 nitrogen and oxygen atoms in total. The van der Waals surface area contributed by atoms with Crippen molar-refractivity contribution in [1.29, 1.82) is 0 Å². The van der Waals surface area contributed by atoms with Crippen molar-refractivity contribution in [1.82, 2.24) is 0 Å². The maximum Gasteiger partial charge on any atom is 0.0680 e. The van der Waals surface area contributed by atoms with E-state index in [1.54, 1.807) is 0 Å². The molecule has 12 heavy (non-hydrogen) atoms. The smallest absolute Gasteiger partial charge is 0.0680 e. The standard InChI is InChI=1S/C11H20O/c1-10(2,3)8-4-5-11(12)7-9(11)6-8/h8-9,12H,4-7H2,1-3H3. The molecule has 3 unspecified atom stereocenters. The van der Waals surface area contributed by atoms with Gasteiger partial charge < -0.3 is 5.11 Å². The molecule has 0 bridgehead atoms. The van der Waals surface area contributed by atoms with Gasteiger partial charge in [0.2, 0.25) is 0 Å². The zero-order valence-electron chi connectivity index (χ0n) is 8.43. The average Bonchev–Trinajstić information content (AvgIpc) is 2.56. The van der Waals surface area contributed by atoms with E-state index in [1.807, 2.05) is 0 Å². The molecule has 3 atom stereocenters. The molecule has 0 aromatic carbocycles. The topological polar surface area (TPSA) is 20.2 Å². The molecule has 2 rings (SSSR count). The Morgan fingerprint density at radius 1 is 1.33 bits per heavy atom. The van der Waals surface area contributed by atoms with Crippen LogP contribution in [0.2, 0.25) is 0 Å². The molecule has 0 aliphatic heterocycles. The lowest BCUT2D eigenvalue weighted by atomic mass is 9.72. The molecule has 2 aliphatic carbocycles. The predicted molar refractivity (Wildman–Crippen MR) is 49.9 cm³/mol. The molecule has 0 amide bonds. The zero-order chi connectivity index (χ0) is 8.98. The van der Waals surface area contributed by atoms with Crippen LogP contribution in [0.1, 0.15) is 46.5 Å². The summed E-state index contributed by atoms with van der Waals surface area (Å²) in [6.45, 7) is 6.97. The van der Waals surface area contributed by atoms with Crippen molar-refractivity contribution >= 4 is 0 Å². The van der Waals surface area contributed by atoms with Crippen molar-refractivity contribution in [3.8, 4) is 0 Å². The van der Waals surface area contributed by atoms with Gasteiger partial charge in [-0.2, -0.15) is 0 Å². The third-order valence-corrected chi connectivity index (χ3v) is 3.92. The number of hydrogen-bond donors (Lipinski definition) is 1. The van der Waals surface area contributed by atoms with E-state index in [1.165, 1.54) is 12.8 Å². The second kappa shape index (κ2) is 2.25. The van der Waals surface area contributed by atoms with Crippen LogP contribution in [0.25, 0.3) is 0 Å². The Balaban J connectivity index is 1.98. The Morgan fingerprint density at radius 2 is 2.00 bits per heavy atom. The average molecular weight is 168 g/mol. The third-order valence-electron chi connectivity index (χ3n) is 3.92. The van der Waals surface area contributed by atoms with Gasteiger partial charge in [-0.15, -0.1) is 0 Å². The lowest BCUT2D eigenvalue weighted by Gasteiger charge is -2.35. The first-order valence-electron chi connectivity index (χ1n) is 5.14. The van der Waals surface area contributed by atoms with Gasteiger partial charge in [-0.05, 0) is 42.9 Å². The first-order valence-corrected chi connectivity index (χ1v) is 5.14. The normalized spacial score (nSPS) is 47.0. The van der Waals surface area contributed by atoms with E-state index >= 15 is 0 Å². The van der Waals surface area contributed by atoms with E-state index in [4.69, 9.17) is 0 Å². The molecule has 70 valence electrons. The summed E-state index contributed by atoms with van der Waals surface area (Å²) in [4.78, 5) is 0. The summed E-state index contributed by atoms with van der Waals surface area (Å²) in [6, 6.07) is 0. The fourth-order valence-corrected chi connectivity index (χ4v) is 2.65. The van der Waals surface area contributed by atoms with E-state index < -0.39 is 0 Å². The Bertz CT molecular complexity index is 192. The van der Waals surface area contributed by atoms with Crippen LogP contribution in [0.3, 0.4) is 0 Å². The first-order chi connectivity index (χ1) is 5.42. The predicted octanol–water partition coefficient (Wildman–Crippen LogP) is 2.58. The zero-order valence-corrected chi connectivity index (χ0v) is 8.43. The second-order valence-electron chi connectivity index (χ2n) is 5.84. The molecule has 1 heteroatoms. The van der Waals surface area contributed by atoms with Crippen LogP contribution in [-0.4, -0.2) is 10.7 Å². The van der Waals surface area contributed by atoms with Crippen LogP contribution in [0.5, 0.6) is 0 Å². The lowest BCUT2D eigenvalue weighted by Crippen LogP contribution is -2.28. The van der Waals surface area contributed by atoms with Crippen LogP contribution < -0.4 is 0 Å². The summed E-state index contributed by atoms with van der Waals surface area (Å²) in [7, 11) is 0. The van der Waals surface area contributed by atoms with Crippen LogP contribution in [0, 0.1) is 17.3 Å². The molecule has 0 aromatic heterocycles. The minimum absolute atomic E-state index is 0.207. The summed E-state index contributed by atoms with van der Waals surface area (Å²) in [5, 5.41) is 9.83. The number of hydrogen-bond acceptors (Lipinski definition) is 1. The van der Waals surface area contributed by atoms with Gasteiger partial charge in [0.1, 0.15) is 0 Å². The maximum atomic E-state index is 9.83. The van der Waals surface area contributed by atoms with Crippen molar-refractivity contribution < 1.29 is 5.11 Å². The van der Waals surface area contributed by atoms with Gasteiger partial charge in [0, 0.05) is 0 Å². The van der Waals surface area contributed by atoms with E-state index in [-0.39, 0.29) is 5.60 Å². The Morgan fingerprint density at radius 3 is 2.50 bits per heavy atom. The van der Waals surface area contributed by atoms with Crippen LogP contribution >= 0.6 is 0 Å². The molecule has 1 N–H and O–H groups in total. The van der Waals surface area contributed by atoms with E-state index in [0.29, 0.717) is 11.3 Å². The fraction of sp³-hybridized carbons (Fsp3) is 1.00. The second-order valence-corrected chi connectivity index (χ2v) is 5.84. The molecule has 0 aromatic rings. The number of fused-ring (bicyclic) bond motifs is 1. The molecule has 2 fully saturated rings. The molecular formula is C11H20O. The minimum Gasteiger partial charge on any atom is -0.390 e. The highest BCUT2D eigenvalue weighted by atomic mass is 16.3. The van der Waals surface area contributed by atoms with Crippen molar-refractivity contribution in [3.63, 3.8) is 0 Å². The maximum absolute atomic E-state index is 9.83. The van der Waals surface area contributed by atoms with Crippen LogP contribution in [0.4, 0.5) is 0 Å². The van der Waals surface area contributed by atoms with Gasteiger partial charge >= 0.3 is 0 Å². The number of rotatable bonds is 0. The summed E-state index contributed by atoms with van der Waals surface area (Å²) in [6.07, 6.45) is 4.63. The summed E-state index contributed by atoms with van der Waals surface area (Å²) >= 11 is 0. The van der Waals surface area contributed by atoms with Gasteiger partial charge in [-0.1, -0.05) is 20.8 Å². The summed E-state index contributed by atoms with van der Waals surface area (Å²) in [5.41, 5.74) is 0.242. The minimum atomic E-state index is -0.207. The Kier molecular flexibility index (Phi) is 1.61. The highest BCUT2D eigenvalue weighted by molar-refractivity contribution is 5.08. The SMILES string of the molecule is CC(C)(C)C1CCC2(O)CC2C1. The highest BCUT2D eigenvalue weighted by Gasteiger charge is 2.56. The van der Waals surface area contributed by atoms with Crippen molar-refractivity contribution in [2.24, 2.45) is 17.3 Å². The molecular weight excluding hydrogens is 148 g/mol. The highest BCUT2D eigenvalue weighted by Crippen LogP contribution is 2.57. The van der Waals surface area contributed by atoms with Crippen molar-refractivity contribution in [2.75, 3.05) is 0 Å². The van der Waals surface area contributed by atoms with Gasteiger partial charge in [-0.3, -0.25) is 0 Å². The quantitative estimate of drug-likeness (QED) is 0.589. The summed E-state index contributed by atoms with van der Waals surface area (Å²) < 4.78 is 0. The van der Waals surface area contributed by atoms with E-state index in [9.17, 15) is 5.11 Å². The third kappa shape index (κ3) is 1.28. The molecule has 2 aliphatic rings. The fourth-order valence-electron chi connectivity index (χ4n) is 2.65. The molecule has 0 saturated heterocycles. The molecule has 2 saturated carbocycles. The van der Waals surface area contributed by atoms with Gasteiger partial charge in [0.25, 0.3) is 0 Å². The van der Waals surface area contributed by atoms with Crippen molar-refractivity contribution in [2.45, 2.75) is 52.1 Å². The molecule has 0 spiro atoms. The van der Waals surface area contributed by atoms with E-state index in [2.05, 4.69) is 20.8 Å². The van der Waals surface area contributed by atoms with E-state index in [0.717, 1.165) is 18.8 Å². The molecule has 0 heterocycles. The summed E-state index contributed by atoms with van der Waals surface area (Å²) in [5.74, 6) is 1.49. The number of aliphatic hydroxyl groups is 1. The van der Waals surface area contributed by atoms with Crippen molar-refractivity contribution in [3.05, 3.63) is 0 Å². The first kappa shape index (κ1) is 8.55. The Labute approximate surface area is 75.2 Å². The largest absolute Gasteiger partial charge is 0.390 e. The van der Waals surface area contributed by atoms with Crippen LogP contribution in [-0.2, 0) is 0 Å². The monoisotopic (exact) mass is 168 g/mol. The Hall–Kier alpha value is -0.0400. The van der Waals surface area contributed by atoms with Crippen LogP contribution in [0.15, 0.2) is 0 Å². The van der Waals surface area contributed by atoms with Gasteiger partial charge in [0.05, 0.1) is 5.60 Å². The van der Waals surface area contributed by atoms with Gasteiger partial charge in [0.15, 0.2) is 0 Å². The lowest BCUT2D eigenvalue weighted by molar-refractivity contribution is 0.0568. The molecule has 0 radical (unpaired) electrons. The van der Waals surface area contributed by atoms with Gasteiger partial charge in [-0.25, -0.2) is 0 Å².